The lowest BCUT2D eigenvalue weighted by Gasteiger charge is -2.10. The van der Waals surface area contributed by atoms with Crippen LogP contribution in [-0.4, -0.2) is 18.6 Å². The minimum absolute atomic E-state index is 0.104. The Kier molecular flexibility index (Phi) is 4.39. The summed E-state index contributed by atoms with van der Waals surface area (Å²) >= 11 is 5.85. The average Bonchev–Trinajstić information content (AvgIpc) is 2.75. The van der Waals surface area contributed by atoms with Crippen LogP contribution < -0.4 is 0 Å². The van der Waals surface area contributed by atoms with Crippen molar-refractivity contribution < 1.29 is 12.9 Å². The van der Waals surface area contributed by atoms with E-state index in [1.807, 2.05) is 20.8 Å². The molecule has 0 aliphatic carbocycles. The Labute approximate surface area is 129 Å². The van der Waals surface area contributed by atoms with Crippen LogP contribution in [0.5, 0.6) is 0 Å². The van der Waals surface area contributed by atoms with Crippen molar-refractivity contribution in [2.45, 2.75) is 37.7 Å². The normalized spacial score (nSPS) is 12.6. The molecule has 0 bridgehead atoms. The molecule has 0 amide bonds. The molecule has 1 heterocycles. The van der Waals surface area contributed by atoms with Crippen molar-refractivity contribution in [1.82, 2.24) is 10.1 Å². The van der Waals surface area contributed by atoms with Crippen LogP contribution in [0.3, 0.4) is 0 Å². The molecule has 0 unspecified atom stereocenters. The first-order valence-electron chi connectivity index (χ1n) is 6.44. The Balaban J connectivity index is 2.13. The van der Waals surface area contributed by atoms with Crippen LogP contribution in [0.2, 0.25) is 5.02 Å². The maximum atomic E-state index is 12.2. The summed E-state index contributed by atoms with van der Waals surface area (Å²) in [5, 5.41) is 4.25. The number of aromatic nitrogens is 2. The average molecular weight is 329 g/mol. The number of halogens is 1. The van der Waals surface area contributed by atoms with E-state index < -0.39 is 9.84 Å². The summed E-state index contributed by atoms with van der Waals surface area (Å²) in [6, 6.07) is 6.78. The summed E-state index contributed by atoms with van der Waals surface area (Å²) in [6.07, 6.45) is 0. The van der Waals surface area contributed by atoms with Gasteiger partial charge in [-0.1, -0.05) is 49.7 Å². The highest BCUT2D eigenvalue weighted by molar-refractivity contribution is 7.89. The fourth-order valence-electron chi connectivity index (χ4n) is 1.75. The highest BCUT2D eigenvalue weighted by atomic mass is 35.5. The van der Waals surface area contributed by atoms with E-state index in [2.05, 4.69) is 10.1 Å². The van der Waals surface area contributed by atoms with Crippen molar-refractivity contribution >= 4 is 21.4 Å². The molecule has 114 valence electrons. The van der Waals surface area contributed by atoms with Crippen LogP contribution in [0.25, 0.3) is 0 Å². The molecular formula is C14H17ClN2O3S. The molecule has 0 spiro atoms. The van der Waals surface area contributed by atoms with Crippen LogP contribution in [0, 0.1) is 0 Å². The van der Waals surface area contributed by atoms with Crippen molar-refractivity contribution in [3.05, 3.63) is 46.6 Å². The van der Waals surface area contributed by atoms with Gasteiger partial charge in [0.05, 0.1) is 5.75 Å². The summed E-state index contributed by atoms with van der Waals surface area (Å²) in [7, 11) is -3.38. The van der Waals surface area contributed by atoms with Gasteiger partial charge in [-0.15, -0.1) is 0 Å². The third-order valence-electron chi connectivity index (χ3n) is 2.73. The lowest BCUT2D eigenvalue weighted by molar-refractivity contribution is 0.319. The quantitative estimate of drug-likeness (QED) is 0.862. The molecular weight excluding hydrogens is 312 g/mol. The lowest BCUT2D eigenvalue weighted by atomic mass is 9.97. The third kappa shape index (κ3) is 4.54. The van der Waals surface area contributed by atoms with E-state index in [1.54, 1.807) is 24.3 Å². The third-order valence-corrected chi connectivity index (χ3v) is 4.44. The van der Waals surface area contributed by atoms with E-state index >= 15 is 0 Å². The number of hydrogen-bond donors (Lipinski definition) is 0. The largest absolute Gasteiger partial charge is 0.339 e. The van der Waals surface area contributed by atoms with Crippen LogP contribution in [-0.2, 0) is 26.8 Å². The highest BCUT2D eigenvalue weighted by Crippen LogP contribution is 2.21. The van der Waals surface area contributed by atoms with Crippen LogP contribution in [0.4, 0.5) is 0 Å². The molecule has 0 atom stereocenters. The van der Waals surface area contributed by atoms with Crippen molar-refractivity contribution in [2.75, 3.05) is 0 Å². The first-order chi connectivity index (χ1) is 9.66. The topological polar surface area (TPSA) is 73.1 Å². The van der Waals surface area contributed by atoms with Gasteiger partial charge in [-0.2, -0.15) is 4.98 Å². The number of hydrogen-bond acceptors (Lipinski definition) is 5. The Morgan fingerprint density at radius 1 is 1.24 bits per heavy atom. The van der Waals surface area contributed by atoms with Crippen molar-refractivity contribution in [1.29, 1.82) is 0 Å². The van der Waals surface area contributed by atoms with E-state index in [-0.39, 0.29) is 22.7 Å². The SMILES string of the molecule is CC(C)(C)c1nc(CS(=O)(=O)Cc2cccc(Cl)c2)no1. The maximum absolute atomic E-state index is 12.2. The first-order valence-corrected chi connectivity index (χ1v) is 8.63. The van der Waals surface area contributed by atoms with Gasteiger partial charge >= 0.3 is 0 Å². The molecule has 0 aliphatic heterocycles. The lowest BCUT2D eigenvalue weighted by Crippen LogP contribution is -2.12. The summed E-state index contributed by atoms with van der Waals surface area (Å²) in [4.78, 5) is 4.14. The van der Waals surface area contributed by atoms with Crippen molar-refractivity contribution in [3.8, 4) is 0 Å². The van der Waals surface area contributed by atoms with Gasteiger partial charge in [-0.25, -0.2) is 8.42 Å². The molecule has 5 nitrogen and oxygen atoms in total. The molecule has 21 heavy (non-hydrogen) atoms. The fraction of sp³-hybridized carbons (Fsp3) is 0.429. The van der Waals surface area contributed by atoms with Crippen LogP contribution in [0.15, 0.2) is 28.8 Å². The zero-order valence-electron chi connectivity index (χ0n) is 12.1. The van der Waals surface area contributed by atoms with Gasteiger partial charge in [-0.05, 0) is 17.7 Å². The second kappa shape index (κ2) is 5.77. The number of sulfone groups is 1. The summed E-state index contributed by atoms with van der Waals surface area (Å²) in [5.74, 6) is 0.254. The van der Waals surface area contributed by atoms with E-state index in [4.69, 9.17) is 16.1 Å². The van der Waals surface area contributed by atoms with E-state index in [1.165, 1.54) is 0 Å². The van der Waals surface area contributed by atoms with Crippen LogP contribution >= 0.6 is 11.6 Å². The van der Waals surface area contributed by atoms with Crippen molar-refractivity contribution in [3.63, 3.8) is 0 Å². The second-order valence-corrected chi connectivity index (χ2v) is 8.43. The van der Waals surface area contributed by atoms with Gasteiger partial charge in [-0.3, -0.25) is 0 Å². The van der Waals surface area contributed by atoms with Gasteiger partial charge in [0.2, 0.25) is 5.89 Å². The fourth-order valence-corrected chi connectivity index (χ4v) is 3.26. The predicted octanol–water partition coefficient (Wildman–Crippen LogP) is 3.14. The highest BCUT2D eigenvalue weighted by Gasteiger charge is 2.24. The standard InChI is InChI=1S/C14H17ClN2O3S/c1-14(2,3)13-16-12(17-20-13)9-21(18,19)8-10-5-4-6-11(15)7-10/h4-7H,8-9H2,1-3H3. The minimum atomic E-state index is -3.38. The number of nitrogens with zero attached hydrogens (tertiary/aromatic N) is 2. The molecule has 0 saturated heterocycles. The Bertz CT molecular complexity index is 733. The molecule has 0 aliphatic rings. The zero-order valence-corrected chi connectivity index (χ0v) is 13.7. The van der Waals surface area contributed by atoms with Gasteiger partial charge < -0.3 is 4.52 Å². The van der Waals surface area contributed by atoms with Gasteiger partial charge in [0.15, 0.2) is 15.7 Å². The Hall–Kier alpha value is -1.40. The molecule has 2 rings (SSSR count). The summed E-state index contributed by atoms with van der Waals surface area (Å²) < 4.78 is 29.4. The molecule has 0 saturated carbocycles. The van der Waals surface area contributed by atoms with Crippen LogP contribution in [0.1, 0.15) is 38.0 Å². The Morgan fingerprint density at radius 2 is 1.95 bits per heavy atom. The maximum Gasteiger partial charge on any atom is 0.232 e. The molecule has 0 fully saturated rings. The van der Waals surface area contributed by atoms with Crippen molar-refractivity contribution in [2.24, 2.45) is 0 Å². The number of benzene rings is 1. The van der Waals surface area contributed by atoms with Gasteiger partial charge in [0, 0.05) is 10.4 Å². The number of rotatable bonds is 4. The molecule has 1 aromatic carbocycles. The first kappa shape index (κ1) is 16.0. The zero-order chi connectivity index (χ0) is 15.7. The summed E-state index contributed by atoms with van der Waals surface area (Å²) in [5.41, 5.74) is 0.337. The molecule has 1 aromatic heterocycles. The molecule has 7 heteroatoms. The van der Waals surface area contributed by atoms with E-state index in [9.17, 15) is 8.42 Å². The second-order valence-electron chi connectivity index (χ2n) is 5.93. The minimum Gasteiger partial charge on any atom is -0.339 e. The predicted molar refractivity (Wildman–Crippen MR) is 80.8 cm³/mol. The Morgan fingerprint density at radius 3 is 2.52 bits per heavy atom. The smallest absolute Gasteiger partial charge is 0.232 e. The van der Waals surface area contributed by atoms with Gasteiger partial charge in [0.1, 0.15) is 5.75 Å². The van der Waals surface area contributed by atoms with Gasteiger partial charge in [0.25, 0.3) is 0 Å². The molecule has 2 aromatic rings. The summed E-state index contributed by atoms with van der Waals surface area (Å²) in [6.45, 7) is 5.76. The monoisotopic (exact) mass is 328 g/mol. The molecule has 0 radical (unpaired) electrons. The molecule has 0 N–H and O–H groups in total. The van der Waals surface area contributed by atoms with E-state index in [0.29, 0.717) is 16.5 Å². The van der Waals surface area contributed by atoms with E-state index in [0.717, 1.165) is 0 Å².